The molecule has 0 saturated heterocycles. The molecule has 0 heterocycles. The Morgan fingerprint density at radius 1 is 1.00 bits per heavy atom. The van der Waals surface area contributed by atoms with Crippen LogP contribution in [0.4, 0.5) is 0 Å². The highest BCUT2D eigenvalue weighted by Gasteiger charge is 2.22. The lowest BCUT2D eigenvalue weighted by atomic mass is 10.1. The number of nitrogens with one attached hydrogen (secondary N) is 1. The average molecular weight is 351 g/mol. The first-order valence-electron chi connectivity index (χ1n) is 7.66. The molecule has 1 aromatic carbocycles. The molecular formula is C17H21NO7. The van der Waals surface area contributed by atoms with Gasteiger partial charge in [0.1, 0.15) is 6.04 Å². The van der Waals surface area contributed by atoms with E-state index < -0.39 is 23.9 Å². The Bertz CT molecular complexity index is 669. The molecule has 0 aromatic heterocycles. The van der Waals surface area contributed by atoms with Gasteiger partial charge in [0.2, 0.25) is 5.91 Å². The third kappa shape index (κ3) is 7.03. The van der Waals surface area contributed by atoms with Gasteiger partial charge in [-0.25, -0.2) is 4.79 Å². The van der Waals surface area contributed by atoms with Gasteiger partial charge in [-0.2, -0.15) is 0 Å². The van der Waals surface area contributed by atoms with E-state index in [0.29, 0.717) is 5.56 Å². The maximum absolute atomic E-state index is 12.0. The normalized spacial score (nSPS) is 11.2. The molecule has 1 aromatic rings. The van der Waals surface area contributed by atoms with E-state index in [4.69, 9.17) is 14.2 Å². The molecule has 25 heavy (non-hydrogen) atoms. The Kier molecular flexibility index (Phi) is 7.58. The van der Waals surface area contributed by atoms with Crippen molar-refractivity contribution >= 4 is 23.8 Å². The standard InChI is InChI=1S/C17H21NO7/c1-5-23-17(22)14(18-10(2)19)8-13-6-7-15(24-11(3)20)16(9-13)25-12(4)21/h6-7,9,14H,5,8H2,1-4H3,(H,18,19). The average Bonchev–Trinajstić information content (AvgIpc) is 2.48. The summed E-state index contributed by atoms with van der Waals surface area (Å²) in [7, 11) is 0. The number of rotatable bonds is 7. The van der Waals surface area contributed by atoms with Gasteiger partial charge < -0.3 is 19.5 Å². The fourth-order valence-corrected chi connectivity index (χ4v) is 2.07. The van der Waals surface area contributed by atoms with E-state index >= 15 is 0 Å². The van der Waals surface area contributed by atoms with Crippen molar-refractivity contribution in [3.05, 3.63) is 23.8 Å². The van der Waals surface area contributed by atoms with Crippen LogP contribution in [0.2, 0.25) is 0 Å². The Labute approximate surface area is 145 Å². The molecule has 1 amide bonds. The summed E-state index contributed by atoms with van der Waals surface area (Å²) in [6.45, 7) is 5.57. The molecule has 0 aliphatic carbocycles. The third-order valence-electron chi connectivity index (χ3n) is 2.90. The van der Waals surface area contributed by atoms with Gasteiger partial charge in [-0.1, -0.05) is 6.07 Å². The maximum Gasteiger partial charge on any atom is 0.328 e. The Balaban J connectivity index is 3.08. The van der Waals surface area contributed by atoms with Crippen molar-refractivity contribution < 1.29 is 33.4 Å². The van der Waals surface area contributed by atoms with Crippen LogP contribution in [0, 0.1) is 0 Å². The number of carbonyl (C=O) groups excluding carboxylic acids is 4. The van der Waals surface area contributed by atoms with Gasteiger partial charge in [-0.05, 0) is 24.6 Å². The SMILES string of the molecule is CCOC(=O)C(Cc1ccc(OC(C)=O)c(OC(C)=O)c1)NC(C)=O. The lowest BCUT2D eigenvalue weighted by molar-refractivity contribution is -0.147. The number of ether oxygens (including phenoxy) is 3. The first kappa shape index (κ1) is 20.1. The quantitative estimate of drug-likeness (QED) is 0.580. The summed E-state index contributed by atoms with van der Waals surface area (Å²) < 4.78 is 15.0. The number of esters is 3. The van der Waals surface area contributed by atoms with Crippen LogP contribution in [0.3, 0.4) is 0 Å². The van der Waals surface area contributed by atoms with Gasteiger partial charge in [-0.15, -0.1) is 0 Å². The van der Waals surface area contributed by atoms with E-state index in [0.717, 1.165) is 0 Å². The Morgan fingerprint density at radius 3 is 2.12 bits per heavy atom. The second kappa shape index (κ2) is 9.41. The van der Waals surface area contributed by atoms with E-state index in [-0.39, 0.29) is 30.4 Å². The molecule has 136 valence electrons. The minimum absolute atomic E-state index is 0.0469. The number of benzene rings is 1. The second-order valence-corrected chi connectivity index (χ2v) is 5.18. The molecule has 1 atom stereocenters. The Hall–Kier alpha value is -2.90. The molecule has 8 heteroatoms. The molecule has 0 aliphatic rings. The number of carbonyl (C=O) groups is 4. The van der Waals surface area contributed by atoms with Crippen LogP contribution in [-0.2, 0) is 30.3 Å². The van der Waals surface area contributed by atoms with E-state index in [1.165, 1.54) is 32.9 Å². The van der Waals surface area contributed by atoms with Gasteiger partial charge in [0.25, 0.3) is 0 Å². The minimum atomic E-state index is -0.887. The predicted molar refractivity (Wildman–Crippen MR) is 87.0 cm³/mol. The highest BCUT2D eigenvalue weighted by molar-refractivity contribution is 5.83. The Morgan fingerprint density at radius 2 is 1.60 bits per heavy atom. The maximum atomic E-state index is 12.0. The highest BCUT2D eigenvalue weighted by Crippen LogP contribution is 2.29. The van der Waals surface area contributed by atoms with E-state index in [1.54, 1.807) is 13.0 Å². The monoisotopic (exact) mass is 351 g/mol. The smallest absolute Gasteiger partial charge is 0.328 e. The molecule has 0 saturated carbocycles. The van der Waals surface area contributed by atoms with Crippen LogP contribution in [0.25, 0.3) is 0 Å². The third-order valence-corrected chi connectivity index (χ3v) is 2.90. The van der Waals surface area contributed by atoms with Crippen LogP contribution in [0.1, 0.15) is 33.3 Å². The van der Waals surface area contributed by atoms with Crippen LogP contribution < -0.4 is 14.8 Å². The first-order valence-corrected chi connectivity index (χ1v) is 7.66. The second-order valence-electron chi connectivity index (χ2n) is 5.18. The van der Waals surface area contributed by atoms with Gasteiger partial charge in [-0.3, -0.25) is 14.4 Å². The number of hydrogen-bond acceptors (Lipinski definition) is 7. The van der Waals surface area contributed by atoms with Gasteiger partial charge in [0.15, 0.2) is 11.5 Å². The van der Waals surface area contributed by atoms with Crippen molar-refractivity contribution in [1.29, 1.82) is 0 Å². The molecule has 0 bridgehead atoms. The summed E-state index contributed by atoms with van der Waals surface area (Å²) in [5.74, 6) is -1.98. The zero-order valence-corrected chi connectivity index (χ0v) is 14.6. The van der Waals surface area contributed by atoms with Crippen molar-refractivity contribution in [2.75, 3.05) is 6.61 Å². The van der Waals surface area contributed by atoms with Crippen LogP contribution >= 0.6 is 0 Å². The summed E-state index contributed by atoms with van der Waals surface area (Å²) in [5, 5.41) is 2.51. The largest absolute Gasteiger partial charge is 0.464 e. The highest BCUT2D eigenvalue weighted by atomic mass is 16.6. The van der Waals surface area contributed by atoms with Crippen molar-refractivity contribution in [2.24, 2.45) is 0 Å². The van der Waals surface area contributed by atoms with Gasteiger partial charge in [0, 0.05) is 27.2 Å². The molecule has 0 spiro atoms. The molecule has 1 rings (SSSR count). The zero-order chi connectivity index (χ0) is 19.0. The van der Waals surface area contributed by atoms with Crippen molar-refractivity contribution in [3.8, 4) is 11.5 Å². The van der Waals surface area contributed by atoms with Gasteiger partial charge in [0.05, 0.1) is 6.61 Å². The summed E-state index contributed by atoms with van der Waals surface area (Å²) in [5.41, 5.74) is 0.582. The minimum Gasteiger partial charge on any atom is -0.464 e. The van der Waals surface area contributed by atoms with Crippen LogP contribution in [0.5, 0.6) is 11.5 Å². The van der Waals surface area contributed by atoms with Crippen LogP contribution in [-0.4, -0.2) is 36.5 Å². The first-order chi connectivity index (χ1) is 11.7. The number of hydrogen-bond donors (Lipinski definition) is 1. The molecule has 0 fully saturated rings. The number of amides is 1. The fourth-order valence-electron chi connectivity index (χ4n) is 2.07. The van der Waals surface area contributed by atoms with E-state index in [2.05, 4.69) is 5.32 Å². The molecule has 1 unspecified atom stereocenters. The lowest BCUT2D eigenvalue weighted by Gasteiger charge is -2.17. The summed E-state index contributed by atoms with van der Waals surface area (Å²) in [6, 6.07) is 3.63. The summed E-state index contributed by atoms with van der Waals surface area (Å²) in [6.07, 6.45) is 0.118. The van der Waals surface area contributed by atoms with Gasteiger partial charge >= 0.3 is 17.9 Å². The molecule has 1 N–H and O–H groups in total. The van der Waals surface area contributed by atoms with Crippen molar-refractivity contribution in [3.63, 3.8) is 0 Å². The van der Waals surface area contributed by atoms with Crippen LogP contribution in [0.15, 0.2) is 18.2 Å². The lowest BCUT2D eigenvalue weighted by Crippen LogP contribution is -2.42. The van der Waals surface area contributed by atoms with E-state index in [1.807, 2.05) is 0 Å². The van der Waals surface area contributed by atoms with E-state index in [9.17, 15) is 19.2 Å². The van der Waals surface area contributed by atoms with Crippen molar-refractivity contribution in [2.45, 2.75) is 40.2 Å². The molecule has 8 nitrogen and oxygen atoms in total. The predicted octanol–water partition coefficient (Wildman–Crippen LogP) is 1.15. The zero-order valence-electron chi connectivity index (χ0n) is 14.6. The van der Waals surface area contributed by atoms with Crippen molar-refractivity contribution in [1.82, 2.24) is 5.32 Å². The summed E-state index contributed by atoms with van der Waals surface area (Å²) in [4.78, 5) is 45.6. The fraction of sp³-hybridized carbons (Fsp3) is 0.412. The topological polar surface area (TPSA) is 108 Å². The molecule has 0 radical (unpaired) electrons. The molecule has 0 aliphatic heterocycles. The molecular weight excluding hydrogens is 330 g/mol. The summed E-state index contributed by atoms with van der Waals surface area (Å²) >= 11 is 0.